The van der Waals surface area contributed by atoms with E-state index in [4.69, 9.17) is 9.47 Å². The zero-order chi connectivity index (χ0) is 23.6. The van der Waals surface area contributed by atoms with E-state index in [-0.39, 0.29) is 15.5 Å². The smallest absolute Gasteiger partial charge is 0.262 e. The van der Waals surface area contributed by atoms with Crippen molar-refractivity contribution in [2.45, 2.75) is 30.1 Å². The van der Waals surface area contributed by atoms with Crippen molar-refractivity contribution in [1.82, 2.24) is 0 Å². The van der Waals surface area contributed by atoms with Gasteiger partial charge in [0.1, 0.15) is 0 Å². The maximum Gasteiger partial charge on any atom is 0.262 e. The Labute approximate surface area is 193 Å². The molecule has 1 aliphatic heterocycles. The number of benzene rings is 3. The van der Waals surface area contributed by atoms with Crippen LogP contribution in [0.1, 0.15) is 17.5 Å². The molecule has 0 spiro atoms. The standard InChI is InChI=1S/C23H24N2O6S2/c1-16-4-9-20(14-17(16)2)32(26,27)24-18-5-7-19(8-6-18)25-33(28,29)21-10-11-22-23(15-21)31-13-3-12-30-22/h4-11,14-15,24-25H,3,12-13H2,1-2H3. The minimum atomic E-state index is -3.88. The molecule has 3 aromatic carbocycles. The van der Waals surface area contributed by atoms with Gasteiger partial charge in [-0.15, -0.1) is 0 Å². The van der Waals surface area contributed by atoms with Crippen molar-refractivity contribution < 1.29 is 26.3 Å². The normalized spacial score (nSPS) is 13.8. The van der Waals surface area contributed by atoms with Crippen LogP contribution in [0.25, 0.3) is 0 Å². The highest BCUT2D eigenvalue weighted by atomic mass is 32.2. The number of sulfonamides is 2. The van der Waals surface area contributed by atoms with Crippen molar-refractivity contribution in [3.63, 3.8) is 0 Å². The van der Waals surface area contributed by atoms with Crippen LogP contribution in [0, 0.1) is 13.8 Å². The van der Waals surface area contributed by atoms with E-state index in [1.165, 1.54) is 36.4 Å². The first-order chi connectivity index (χ1) is 15.6. The fraction of sp³-hybridized carbons (Fsp3) is 0.217. The molecular weight excluding hydrogens is 464 g/mol. The first-order valence-electron chi connectivity index (χ1n) is 10.3. The lowest BCUT2D eigenvalue weighted by molar-refractivity contribution is 0.297. The van der Waals surface area contributed by atoms with Gasteiger partial charge in [0.2, 0.25) is 0 Å². The lowest BCUT2D eigenvalue weighted by Crippen LogP contribution is -2.14. The summed E-state index contributed by atoms with van der Waals surface area (Å²) >= 11 is 0. The summed E-state index contributed by atoms with van der Waals surface area (Å²) in [6, 6.07) is 15.3. The van der Waals surface area contributed by atoms with Crippen molar-refractivity contribution in [2.75, 3.05) is 22.7 Å². The van der Waals surface area contributed by atoms with Crippen molar-refractivity contribution in [2.24, 2.45) is 0 Å². The minimum Gasteiger partial charge on any atom is -0.490 e. The molecule has 1 aliphatic rings. The van der Waals surface area contributed by atoms with Gasteiger partial charge in [0, 0.05) is 23.9 Å². The van der Waals surface area contributed by atoms with Gasteiger partial charge in [0.15, 0.2) is 11.5 Å². The third-order valence-corrected chi connectivity index (χ3v) is 7.97. The van der Waals surface area contributed by atoms with Gasteiger partial charge in [-0.25, -0.2) is 16.8 Å². The van der Waals surface area contributed by atoms with Gasteiger partial charge in [-0.05, 0) is 73.5 Å². The Morgan fingerprint density at radius 2 is 1.15 bits per heavy atom. The molecule has 0 saturated carbocycles. The third kappa shape index (κ3) is 5.23. The lowest BCUT2D eigenvalue weighted by atomic mass is 10.1. The van der Waals surface area contributed by atoms with E-state index in [2.05, 4.69) is 9.44 Å². The molecular formula is C23H24N2O6S2. The van der Waals surface area contributed by atoms with Gasteiger partial charge < -0.3 is 9.47 Å². The van der Waals surface area contributed by atoms with E-state index in [0.717, 1.165) is 11.1 Å². The highest BCUT2D eigenvalue weighted by Crippen LogP contribution is 2.32. The van der Waals surface area contributed by atoms with Crippen LogP contribution in [-0.4, -0.2) is 30.0 Å². The molecule has 0 aromatic heterocycles. The van der Waals surface area contributed by atoms with Crippen molar-refractivity contribution >= 4 is 31.4 Å². The Morgan fingerprint density at radius 3 is 1.73 bits per heavy atom. The first kappa shape index (κ1) is 22.9. The van der Waals surface area contributed by atoms with Gasteiger partial charge in [-0.2, -0.15) is 0 Å². The highest BCUT2D eigenvalue weighted by Gasteiger charge is 2.19. The van der Waals surface area contributed by atoms with Crippen LogP contribution in [-0.2, 0) is 20.0 Å². The van der Waals surface area contributed by atoms with Crippen molar-refractivity contribution in [3.05, 3.63) is 71.8 Å². The molecule has 33 heavy (non-hydrogen) atoms. The molecule has 0 atom stereocenters. The Bertz CT molecular complexity index is 1380. The van der Waals surface area contributed by atoms with E-state index in [1.807, 2.05) is 13.8 Å². The van der Waals surface area contributed by atoms with Gasteiger partial charge in [0.05, 0.1) is 23.0 Å². The van der Waals surface area contributed by atoms with Crippen LogP contribution in [0.4, 0.5) is 11.4 Å². The summed E-state index contributed by atoms with van der Waals surface area (Å²) in [6.07, 6.45) is 0.717. The number of aryl methyl sites for hydroxylation is 2. The van der Waals surface area contributed by atoms with Crippen molar-refractivity contribution in [3.8, 4) is 11.5 Å². The quantitative estimate of drug-likeness (QED) is 0.541. The number of fused-ring (bicyclic) bond motifs is 1. The second kappa shape index (κ2) is 8.95. The second-order valence-corrected chi connectivity index (χ2v) is 11.1. The zero-order valence-corrected chi connectivity index (χ0v) is 19.8. The predicted molar refractivity (Wildman–Crippen MR) is 126 cm³/mol. The van der Waals surface area contributed by atoms with Gasteiger partial charge >= 0.3 is 0 Å². The molecule has 0 aliphatic carbocycles. The largest absolute Gasteiger partial charge is 0.490 e. The summed E-state index contributed by atoms with van der Waals surface area (Å²) in [5.41, 5.74) is 2.47. The molecule has 0 unspecified atom stereocenters. The Morgan fingerprint density at radius 1 is 0.636 bits per heavy atom. The maximum atomic E-state index is 12.8. The molecule has 2 N–H and O–H groups in total. The predicted octanol–water partition coefficient (Wildman–Crippen LogP) is 4.07. The van der Waals surface area contributed by atoms with Crippen LogP contribution in [0.2, 0.25) is 0 Å². The molecule has 4 rings (SSSR count). The number of rotatable bonds is 6. The summed E-state index contributed by atoms with van der Waals surface area (Å²) in [5, 5.41) is 0. The van der Waals surface area contributed by atoms with Gasteiger partial charge in [-0.1, -0.05) is 6.07 Å². The number of hydrogen-bond donors (Lipinski definition) is 2. The fourth-order valence-electron chi connectivity index (χ4n) is 3.23. The molecule has 0 radical (unpaired) electrons. The molecule has 0 bridgehead atoms. The summed E-state index contributed by atoms with van der Waals surface area (Å²) in [4.78, 5) is 0.191. The van der Waals surface area contributed by atoms with Crippen LogP contribution >= 0.6 is 0 Å². The Kier molecular flexibility index (Phi) is 6.22. The summed E-state index contributed by atoms with van der Waals surface area (Å²) in [5.74, 6) is 0.887. The number of hydrogen-bond acceptors (Lipinski definition) is 6. The summed E-state index contributed by atoms with van der Waals surface area (Å²) in [7, 11) is -7.65. The van der Waals surface area contributed by atoms with E-state index < -0.39 is 20.0 Å². The topological polar surface area (TPSA) is 111 Å². The van der Waals surface area contributed by atoms with Crippen LogP contribution in [0.3, 0.4) is 0 Å². The van der Waals surface area contributed by atoms with Crippen molar-refractivity contribution in [1.29, 1.82) is 0 Å². The van der Waals surface area contributed by atoms with E-state index in [9.17, 15) is 16.8 Å². The lowest BCUT2D eigenvalue weighted by Gasteiger charge is -2.13. The highest BCUT2D eigenvalue weighted by molar-refractivity contribution is 7.93. The SMILES string of the molecule is Cc1ccc(S(=O)(=O)Nc2ccc(NS(=O)(=O)c3ccc4c(c3)OCCCO4)cc2)cc1C. The third-order valence-electron chi connectivity index (χ3n) is 5.21. The molecule has 0 saturated heterocycles. The molecule has 0 amide bonds. The van der Waals surface area contributed by atoms with Crippen LogP contribution < -0.4 is 18.9 Å². The molecule has 0 fully saturated rings. The Hall–Kier alpha value is -3.24. The Balaban J connectivity index is 1.49. The average molecular weight is 489 g/mol. The monoisotopic (exact) mass is 488 g/mol. The molecule has 3 aromatic rings. The molecule has 174 valence electrons. The average Bonchev–Trinajstić information content (AvgIpc) is 3.01. The number of nitrogens with one attached hydrogen (secondary N) is 2. The van der Waals surface area contributed by atoms with Crippen LogP contribution in [0.15, 0.2) is 70.5 Å². The number of ether oxygens (including phenoxy) is 2. The van der Waals surface area contributed by atoms with Gasteiger partial charge in [-0.3, -0.25) is 9.44 Å². The second-order valence-electron chi connectivity index (χ2n) is 7.69. The summed E-state index contributed by atoms with van der Waals surface area (Å²) in [6.45, 7) is 4.71. The van der Waals surface area contributed by atoms with E-state index in [1.54, 1.807) is 24.3 Å². The molecule has 8 nitrogen and oxygen atoms in total. The number of anilines is 2. The fourth-order valence-corrected chi connectivity index (χ4v) is 5.44. The first-order valence-corrected chi connectivity index (χ1v) is 13.2. The molecule has 10 heteroatoms. The minimum absolute atomic E-state index is 0.0336. The van der Waals surface area contributed by atoms with E-state index in [0.29, 0.717) is 36.8 Å². The zero-order valence-electron chi connectivity index (χ0n) is 18.2. The van der Waals surface area contributed by atoms with Gasteiger partial charge in [0.25, 0.3) is 20.0 Å². The van der Waals surface area contributed by atoms with E-state index >= 15 is 0 Å². The maximum absolute atomic E-state index is 12.8. The summed E-state index contributed by atoms with van der Waals surface area (Å²) < 4.78 is 67.0. The van der Waals surface area contributed by atoms with Crippen LogP contribution in [0.5, 0.6) is 11.5 Å². The molecule has 1 heterocycles.